The van der Waals surface area contributed by atoms with Crippen LogP contribution >= 0.6 is 12.4 Å². The fourth-order valence-corrected chi connectivity index (χ4v) is 1.79. The molecule has 0 unspecified atom stereocenters. The summed E-state index contributed by atoms with van der Waals surface area (Å²) in [6.07, 6.45) is 0. The third-order valence-corrected chi connectivity index (χ3v) is 2.93. The van der Waals surface area contributed by atoms with Crippen molar-refractivity contribution in [2.75, 3.05) is 27.3 Å². The van der Waals surface area contributed by atoms with E-state index in [-0.39, 0.29) is 24.2 Å². The fourth-order valence-electron chi connectivity index (χ4n) is 1.79. The quantitative estimate of drug-likeness (QED) is 0.720. The summed E-state index contributed by atoms with van der Waals surface area (Å²) in [4.78, 5) is 11.4. The number of ether oxygens (including phenoxy) is 2. The van der Waals surface area contributed by atoms with E-state index in [4.69, 9.17) is 9.47 Å². The Morgan fingerprint density at radius 1 is 1.19 bits per heavy atom. The standard InChI is InChI=1S/C15H24N2O3.ClH/c1-11(2)15(18)17-9-8-16-10-12-6-5-7-13(19-3)14(12)20-4;/h5-7,11,16H,8-10H2,1-4H3,(H,17,18);1H. The molecule has 0 bridgehead atoms. The Bertz CT molecular complexity index is 439. The van der Waals surface area contributed by atoms with Gasteiger partial charge in [-0.15, -0.1) is 12.4 Å². The molecule has 0 aliphatic heterocycles. The van der Waals surface area contributed by atoms with E-state index < -0.39 is 0 Å². The van der Waals surface area contributed by atoms with E-state index in [2.05, 4.69) is 10.6 Å². The molecule has 0 saturated heterocycles. The lowest BCUT2D eigenvalue weighted by atomic mass is 10.2. The van der Waals surface area contributed by atoms with Crippen LogP contribution in [0, 0.1) is 5.92 Å². The van der Waals surface area contributed by atoms with Crippen molar-refractivity contribution in [1.82, 2.24) is 10.6 Å². The highest BCUT2D eigenvalue weighted by Gasteiger charge is 2.09. The molecule has 5 nitrogen and oxygen atoms in total. The molecule has 0 aliphatic carbocycles. The van der Waals surface area contributed by atoms with E-state index in [1.54, 1.807) is 14.2 Å². The van der Waals surface area contributed by atoms with Gasteiger partial charge in [-0.3, -0.25) is 4.79 Å². The topological polar surface area (TPSA) is 59.6 Å². The number of hydrogen-bond donors (Lipinski definition) is 2. The maximum atomic E-state index is 11.4. The van der Waals surface area contributed by atoms with Gasteiger partial charge in [-0.25, -0.2) is 0 Å². The molecule has 0 heterocycles. The molecular formula is C15H25ClN2O3. The van der Waals surface area contributed by atoms with Crippen molar-refractivity contribution >= 4 is 18.3 Å². The second kappa shape index (κ2) is 10.3. The number of carbonyl (C=O) groups excluding carboxylic acids is 1. The van der Waals surface area contributed by atoms with Crippen molar-refractivity contribution in [3.63, 3.8) is 0 Å². The van der Waals surface area contributed by atoms with Crippen LogP contribution in [0.1, 0.15) is 19.4 Å². The van der Waals surface area contributed by atoms with Gasteiger partial charge in [-0.05, 0) is 6.07 Å². The van der Waals surface area contributed by atoms with Crippen LogP contribution in [0.25, 0.3) is 0 Å². The molecule has 1 aromatic rings. The van der Waals surface area contributed by atoms with Crippen molar-refractivity contribution < 1.29 is 14.3 Å². The molecule has 0 atom stereocenters. The zero-order valence-electron chi connectivity index (χ0n) is 13.1. The molecule has 0 aliphatic rings. The lowest BCUT2D eigenvalue weighted by molar-refractivity contribution is -0.123. The molecule has 21 heavy (non-hydrogen) atoms. The zero-order valence-corrected chi connectivity index (χ0v) is 13.9. The van der Waals surface area contributed by atoms with Crippen LogP contribution in [-0.2, 0) is 11.3 Å². The number of methoxy groups -OCH3 is 2. The number of para-hydroxylation sites is 1. The summed E-state index contributed by atoms with van der Waals surface area (Å²) in [7, 11) is 3.25. The lowest BCUT2D eigenvalue weighted by Crippen LogP contribution is -2.34. The van der Waals surface area contributed by atoms with Gasteiger partial charge in [0.2, 0.25) is 5.91 Å². The lowest BCUT2D eigenvalue weighted by Gasteiger charge is -2.13. The number of carbonyl (C=O) groups is 1. The van der Waals surface area contributed by atoms with Gasteiger partial charge >= 0.3 is 0 Å². The van der Waals surface area contributed by atoms with Gasteiger partial charge < -0.3 is 20.1 Å². The first-order valence-electron chi connectivity index (χ1n) is 6.78. The molecule has 0 radical (unpaired) electrons. The van der Waals surface area contributed by atoms with Crippen molar-refractivity contribution in [1.29, 1.82) is 0 Å². The van der Waals surface area contributed by atoms with Gasteiger partial charge in [0.25, 0.3) is 0 Å². The van der Waals surface area contributed by atoms with Gasteiger partial charge in [0, 0.05) is 31.1 Å². The van der Waals surface area contributed by atoms with Crippen LogP contribution in [0.5, 0.6) is 11.5 Å². The average Bonchev–Trinajstić information content (AvgIpc) is 2.45. The molecule has 1 aromatic carbocycles. The second-order valence-corrected chi connectivity index (χ2v) is 4.78. The Labute approximate surface area is 132 Å². The number of amides is 1. The largest absolute Gasteiger partial charge is 0.493 e. The summed E-state index contributed by atoms with van der Waals surface area (Å²) in [5.41, 5.74) is 1.03. The van der Waals surface area contributed by atoms with Gasteiger partial charge in [0.1, 0.15) is 0 Å². The fraction of sp³-hybridized carbons (Fsp3) is 0.533. The second-order valence-electron chi connectivity index (χ2n) is 4.78. The van der Waals surface area contributed by atoms with E-state index in [9.17, 15) is 4.79 Å². The highest BCUT2D eigenvalue weighted by atomic mass is 35.5. The van der Waals surface area contributed by atoms with Crippen LogP contribution in [-0.4, -0.2) is 33.2 Å². The number of nitrogens with one attached hydrogen (secondary N) is 2. The number of rotatable bonds is 8. The first-order valence-corrected chi connectivity index (χ1v) is 6.78. The number of hydrogen-bond acceptors (Lipinski definition) is 4. The maximum Gasteiger partial charge on any atom is 0.222 e. The summed E-state index contributed by atoms with van der Waals surface area (Å²) in [6.45, 7) is 5.74. The monoisotopic (exact) mass is 316 g/mol. The summed E-state index contributed by atoms with van der Waals surface area (Å²) in [6, 6.07) is 5.78. The zero-order chi connectivity index (χ0) is 15.0. The number of benzene rings is 1. The predicted octanol–water partition coefficient (Wildman–Crippen LogP) is 1.99. The minimum Gasteiger partial charge on any atom is -0.493 e. The van der Waals surface area contributed by atoms with Crippen LogP contribution in [0.4, 0.5) is 0 Å². The highest BCUT2D eigenvalue weighted by Crippen LogP contribution is 2.30. The van der Waals surface area contributed by atoms with Crippen molar-refractivity contribution in [3.8, 4) is 11.5 Å². The molecule has 1 rings (SSSR count). The number of halogens is 1. The van der Waals surface area contributed by atoms with Crippen molar-refractivity contribution in [3.05, 3.63) is 23.8 Å². The first-order chi connectivity index (χ1) is 9.60. The molecule has 120 valence electrons. The van der Waals surface area contributed by atoms with Crippen LogP contribution < -0.4 is 20.1 Å². The van der Waals surface area contributed by atoms with E-state index in [1.165, 1.54) is 0 Å². The predicted molar refractivity (Wildman–Crippen MR) is 86.3 cm³/mol. The van der Waals surface area contributed by atoms with Gasteiger partial charge in [-0.2, -0.15) is 0 Å². The van der Waals surface area contributed by atoms with E-state index >= 15 is 0 Å². The molecule has 2 N–H and O–H groups in total. The van der Waals surface area contributed by atoms with Crippen LogP contribution in [0.3, 0.4) is 0 Å². The minimum atomic E-state index is 0. The Balaban J connectivity index is 0.00000400. The first kappa shape index (κ1) is 19.5. The molecule has 1 amide bonds. The van der Waals surface area contributed by atoms with Gasteiger partial charge in [0.05, 0.1) is 14.2 Å². The van der Waals surface area contributed by atoms with Crippen molar-refractivity contribution in [2.45, 2.75) is 20.4 Å². The molecule has 6 heteroatoms. The summed E-state index contributed by atoms with van der Waals surface area (Å²) >= 11 is 0. The van der Waals surface area contributed by atoms with E-state index in [1.807, 2.05) is 32.0 Å². The summed E-state index contributed by atoms with van der Waals surface area (Å²) < 4.78 is 10.6. The third kappa shape index (κ3) is 6.23. The third-order valence-electron chi connectivity index (χ3n) is 2.93. The highest BCUT2D eigenvalue weighted by molar-refractivity contribution is 5.85. The minimum absolute atomic E-state index is 0. The Kier molecular flexibility index (Phi) is 9.58. The average molecular weight is 317 g/mol. The maximum absolute atomic E-state index is 11.4. The van der Waals surface area contributed by atoms with Crippen molar-refractivity contribution in [2.24, 2.45) is 5.92 Å². The molecule has 0 saturated carbocycles. The van der Waals surface area contributed by atoms with E-state index in [0.717, 1.165) is 17.1 Å². The Morgan fingerprint density at radius 2 is 1.90 bits per heavy atom. The molecule has 0 fully saturated rings. The molecule has 0 aromatic heterocycles. The van der Waals surface area contributed by atoms with Gasteiger partial charge in [-0.1, -0.05) is 26.0 Å². The van der Waals surface area contributed by atoms with Gasteiger partial charge in [0.15, 0.2) is 11.5 Å². The Hall–Kier alpha value is -1.46. The van der Waals surface area contributed by atoms with Crippen LogP contribution in [0.15, 0.2) is 18.2 Å². The normalized spacial score (nSPS) is 9.95. The summed E-state index contributed by atoms with van der Waals surface area (Å²) in [5, 5.41) is 6.13. The van der Waals surface area contributed by atoms with E-state index in [0.29, 0.717) is 19.6 Å². The molecular weight excluding hydrogens is 292 g/mol. The molecule has 0 spiro atoms. The van der Waals surface area contributed by atoms with Crippen LogP contribution in [0.2, 0.25) is 0 Å². The smallest absolute Gasteiger partial charge is 0.222 e. The Morgan fingerprint density at radius 3 is 2.48 bits per heavy atom. The summed E-state index contributed by atoms with van der Waals surface area (Å²) in [5.74, 6) is 1.56. The SMILES string of the molecule is COc1cccc(CNCCNC(=O)C(C)C)c1OC.Cl.